The maximum atomic E-state index is 12.9. The summed E-state index contributed by atoms with van der Waals surface area (Å²) in [5, 5.41) is 3.36. The van der Waals surface area contributed by atoms with Gasteiger partial charge in [0.15, 0.2) is 0 Å². The van der Waals surface area contributed by atoms with E-state index < -0.39 is 0 Å². The van der Waals surface area contributed by atoms with Crippen LogP contribution in [0, 0.1) is 5.82 Å². The number of nitrogens with one attached hydrogen (secondary N) is 2. The van der Waals surface area contributed by atoms with E-state index in [0.717, 1.165) is 29.8 Å². The second kappa shape index (κ2) is 6.99. The first kappa shape index (κ1) is 15.2. The van der Waals surface area contributed by atoms with Gasteiger partial charge in [0.25, 0.3) is 0 Å². The molecule has 0 amide bonds. The number of anilines is 2. The van der Waals surface area contributed by atoms with E-state index >= 15 is 0 Å². The first-order chi connectivity index (χ1) is 10.1. The summed E-state index contributed by atoms with van der Waals surface area (Å²) >= 11 is 0. The Bertz CT molecular complexity index is 585. The molecule has 2 aromatic rings. The maximum absolute atomic E-state index is 12.9. The second-order valence-corrected chi connectivity index (χ2v) is 4.92. The predicted molar refractivity (Wildman–Crippen MR) is 82.4 cm³/mol. The fourth-order valence-electron chi connectivity index (χ4n) is 2.25. The summed E-state index contributed by atoms with van der Waals surface area (Å²) < 4.78 is 12.9. The number of aromatic nitrogens is 2. The molecule has 1 heterocycles. The van der Waals surface area contributed by atoms with Crippen LogP contribution >= 0.6 is 0 Å². The Labute approximate surface area is 123 Å². The summed E-state index contributed by atoms with van der Waals surface area (Å²) in [7, 11) is 0. The molecule has 0 fully saturated rings. The third-order valence-corrected chi connectivity index (χ3v) is 3.27. The lowest BCUT2D eigenvalue weighted by Gasteiger charge is -2.18. The summed E-state index contributed by atoms with van der Waals surface area (Å²) in [5.74, 6) is 6.64. The molecule has 0 aliphatic rings. The standard InChI is InChI=1S/C15H20FN5/c1-3-13-14(18-9-19-15(13)21-17)20-10(2)8-11-4-6-12(16)7-5-11/h4-7,9-10H,3,8,17H2,1-2H3,(H2,18,19,20,21). The number of benzene rings is 1. The monoisotopic (exact) mass is 289 g/mol. The van der Waals surface area contributed by atoms with Crippen molar-refractivity contribution in [1.82, 2.24) is 9.97 Å². The first-order valence-corrected chi connectivity index (χ1v) is 6.95. The molecule has 0 saturated heterocycles. The Morgan fingerprint density at radius 1 is 1.19 bits per heavy atom. The molecule has 0 radical (unpaired) electrons. The summed E-state index contributed by atoms with van der Waals surface area (Å²) in [6.45, 7) is 4.08. The maximum Gasteiger partial charge on any atom is 0.148 e. The van der Waals surface area contributed by atoms with Crippen molar-refractivity contribution in [3.05, 3.63) is 47.5 Å². The van der Waals surface area contributed by atoms with Crippen molar-refractivity contribution in [3.63, 3.8) is 0 Å². The molecular formula is C15H20FN5. The van der Waals surface area contributed by atoms with Crippen LogP contribution in [0.15, 0.2) is 30.6 Å². The lowest BCUT2D eigenvalue weighted by Crippen LogP contribution is -2.21. The highest BCUT2D eigenvalue weighted by Gasteiger charge is 2.11. The molecule has 0 spiro atoms. The number of hydrogen-bond acceptors (Lipinski definition) is 5. The Morgan fingerprint density at radius 2 is 1.86 bits per heavy atom. The van der Waals surface area contributed by atoms with Crippen LogP contribution in [0.3, 0.4) is 0 Å². The fourth-order valence-corrected chi connectivity index (χ4v) is 2.25. The van der Waals surface area contributed by atoms with E-state index in [0.29, 0.717) is 5.82 Å². The molecule has 112 valence electrons. The number of hydrogen-bond donors (Lipinski definition) is 3. The van der Waals surface area contributed by atoms with Crippen LogP contribution in [0.5, 0.6) is 0 Å². The zero-order chi connectivity index (χ0) is 15.2. The highest BCUT2D eigenvalue weighted by atomic mass is 19.1. The van der Waals surface area contributed by atoms with Crippen LogP contribution < -0.4 is 16.6 Å². The Hall–Kier alpha value is -2.21. The molecule has 0 aliphatic heterocycles. The molecule has 0 saturated carbocycles. The van der Waals surface area contributed by atoms with Crippen molar-refractivity contribution in [3.8, 4) is 0 Å². The average molecular weight is 289 g/mol. The van der Waals surface area contributed by atoms with Gasteiger partial charge in [-0.3, -0.25) is 0 Å². The quantitative estimate of drug-likeness (QED) is 0.563. The van der Waals surface area contributed by atoms with Gasteiger partial charge in [-0.15, -0.1) is 0 Å². The minimum absolute atomic E-state index is 0.154. The van der Waals surface area contributed by atoms with Crippen LogP contribution in [-0.2, 0) is 12.8 Å². The molecule has 6 heteroatoms. The lowest BCUT2D eigenvalue weighted by atomic mass is 10.1. The van der Waals surface area contributed by atoms with E-state index in [1.54, 1.807) is 12.1 Å². The number of nitrogen functional groups attached to an aromatic ring is 1. The van der Waals surface area contributed by atoms with Crippen LogP contribution in [-0.4, -0.2) is 16.0 Å². The van der Waals surface area contributed by atoms with Gasteiger partial charge in [-0.1, -0.05) is 19.1 Å². The zero-order valence-corrected chi connectivity index (χ0v) is 12.2. The largest absolute Gasteiger partial charge is 0.367 e. The highest BCUT2D eigenvalue weighted by Crippen LogP contribution is 2.20. The Morgan fingerprint density at radius 3 is 2.48 bits per heavy atom. The molecule has 21 heavy (non-hydrogen) atoms. The Balaban J connectivity index is 2.08. The average Bonchev–Trinajstić information content (AvgIpc) is 2.49. The van der Waals surface area contributed by atoms with Crippen molar-refractivity contribution in [2.45, 2.75) is 32.7 Å². The second-order valence-electron chi connectivity index (χ2n) is 4.92. The van der Waals surface area contributed by atoms with Gasteiger partial charge in [0.2, 0.25) is 0 Å². The third kappa shape index (κ3) is 3.88. The van der Waals surface area contributed by atoms with Crippen LogP contribution in [0.25, 0.3) is 0 Å². The Kier molecular flexibility index (Phi) is 5.05. The van der Waals surface area contributed by atoms with Crippen LogP contribution in [0.2, 0.25) is 0 Å². The molecule has 1 unspecified atom stereocenters. The number of nitrogens with two attached hydrogens (primary N) is 1. The SMILES string of the molecule is CCc1c(NN)ncnc1NC(C)Cc1ccc(F)cc1. The normalized spacial score (nSPS) is 12.0. The molecule has 2 rings (SSSR count). The van der Waals surface area contributed by atoms with E-state index in [-0.39, 0.29) is 11.9 Å². The minimum Gasteiger partial charge on any atom is -0.367 e. The smallest absolute Gasteiger partial charge is 0.148 e. The van der Waals surface area contributed by atoms with Gasteiger partial charge >= 0.3 is 0 Å². The van der Waals surface area contributed by atoms with Gasteiger partial charge < -0.3 is 10.7 Å². The topological polar surface area (TPSA) is 75.9 Å². The summed E-state index contributed by atoms with van der Waals surface area (Å²) in [4.78, 5) is 8.38. The van der Waals surface area contributed by atoms with Gasteiger partial charge in [-0.05, 0) is 37.5 Å². The van der Waals surface area contributed by atoms with Gasteiger partial charge in [0, 0.05) is 11.6 Å². The number of hydrazine groups is 1. The fraction of sp³-hybridized carbons (Fsp3) is 0.333. The molecule has 5 nitrogen and oxygen atoms in total. The summed E-state index contributed by atoms with van der Waals surface area (Å²) in [6, 6.07) is 6.69. The summed E-state index contributed by atoms with van der Waals surface area (Å²) in [5.41, 5.74) is 4.60. The van der Waals surface area contributed by atoms with Crippen molar-refractivity contribution in [2.24, 2.45) is 5.84 Å². The highest BCUT2D eigenvalue weighted by molar-refractivity contribution is 5.57. The van der Waals surface area contributed by atoms with Crippen LogP contribution in [0.1, 0.15) is 25.0 Å². The molecule has 0 bridgehead atoms. The van der Waals surface area contributed by atoms with Crippen LogP contribution in [0.4, 0.5) is 16.0 Å². The van der Waals surface area contributed by atoms with Gasteiger partial charge in [-0.2, -0.15) is 0 Å². The third-order valence-electron chi connectivity index (χ3n) is 3.27. The van der Waals surface area contributed by atoms with Gasteiger partial charge in [0.05, 0.1) is 0 Å². The molecular weight excluding hydrogens is 269 g/mol. The van der Waals surface area contributed by atoms with E-state index in [9.17, 15) is 4.39 Å². The zero-order valence-electron chi connectivity index (χ0n) is 12.2. The molecule has 1 aromatic heterocycles. The van der Waals surface area contributed by atoms with E-state index in [1.807, 2.05) is 6.92 Å². The molecule has 1 aromatic carbocycles. The van der Waals surface area contributed by atoms with Gasteiger partial charge in [-0.25, -0.2) is 20.2 Å². The minimum atomic E-state index is -0.220. The van der Waals surface area contributed by atoms with E-state index in [2.05, 4.69) is 27.6 Å². The lowest BCUT2D eigenvalue weighted by molar-refractivity contribution is 0.626. The van der Waals surface area contributed by atoms with Crippen molar-refractivity contribution in [1.29, 1.82) is 0 Å². The van der Waals surface area contributed by atoms with E-state index in [4.69, 9.17) is 5.84 Å². The first-order valence-electron chi connectivity index (χ1n) is 6.95. The molecule has 0 aliphatic carbocycles. The van der Waals surface area contributed by atoms with E-state index in [1.165, 1.54) is 18.5 Å². The molecule has 4 N–H and O–H groups in total. The summed E-state index contributed by atoms with van der Waals surface area (Å²) in [6.07, 6.45) is 3.02. The van der Waals surface area contributed by atoms with Crippen molar-refractivity contribution in [2.75, 3.05) is 10.7 Å². The number of nitrogens with zero attached hydrogens (tertiary/aromatic N) is 2. The number of halogens is 1. The molecule has 1 atom stereocenters. The predicted octanol–water partition coefficient (Wildman–Crippen LogP) is 2.51. The number of rotatable bonds is 6. The van der Waals surface area contributed by atoms with Crippen molar-refractivity contribution < 1.29 is 4.39 Å². The van der Waals surface area contributed by atoms with Gasteiger partial charge in [0.1, 0.15) is 23.8 Å². The van der Waals surface area contributed by atoms with Crippen molar-refractivity contribution >= 4 is 11.6 Å².